The molecule has 0 aromatic heterocycles. The average molecular weight is 380 g/mol. The molecule has 1 aromatic carbocycles. The molecule has 2 N–H and O–H groups in total. The Balaban J connectivity index is 0.00000200. The number of hydrogen-bond donors (Lipinski definition) is 1. The topological polar surface area (TPSA) is 46.3 Å². The number of rotatable bonds is 3. The normalized spacial score (nSPS) is 20.9. The minimum atomic E-state index is -0.970. The number of carbonyl (C=O) groups is 1. The Morgan fingerprint density at radius 2 is 2.05 bits per heavy atom. The van der Waals surface area contributed by atoms with Crippen LogP contribution in [-0.2, 0) is 10.3 Å². The van der Waals surface area contributed by atoms with E-state index in [0.29, 0.717) is 6.04 Å². The predicted octanol–water partition coefficient (Wildman–Crippen LogP) is 3.01. The molecular formula is C14H20BrClN2OS. The zero-order valence-electron chi connectivity index (χ0n) is 11.6. The van der Waals surface area contributed by atoms with E-state index in [1.54, 1.807) is 6.92 Å². The van der Waals surface area contributed by atoms with Gasteiger partial charge in [-0.05, 0) is 36.8 Å². The van der Waals surface area contributed by atoms with Crippen molar-refractivity contribution in [2.75, 3.05) is 18.6 Å². The van der Waals surface area contributed by atoms with Crippen molar-refractivity contribution in [3.8, 4) is 0 Å². The molecule has 2 unspecified atom stereocenters. The van der Waals surface area contributed by atoms with Crippen LogP contribution < -0.4 is 5.73 Å². The van der Waals surface area contributed by atoms with Crippen molar-refractivity contribution >= 4 is 46.0 Å². The van der Waals surface area contributed by atoms with Gasteiger partial charge < -0.3 is 10.6 Å². The quantitative estimate of drug-likeness (QED) is 0.878. The Morgan fingerprint density at radius 3 is 2.55 bits per heavy atom. The van der Waals surface area contributed by atoms with Gasteiger partial charge in [0, 0.05) is 23.3 Å². The smallest absolute Gasteiger partial charge is 0.246 e. The summed E-state index contributed by atoms with van der Waals surface area (Å²) in [5.74, 6) is 2.13. The van der Waals surface area contributed by atoms with Crippen LogP contribution in [0.3, 0.4) is 0 Å². The molecule has 0 spiro atoms. The number of thioether (sulfide) groups is 1. The molecular weight excluding hydrogens is 360 g/mol. The van der Waals surface area contributed by atoms with E-state index < -0.39 is 5.54 Å². The Kier molecular flexibility index (Phi) is 6.38. The second-order valence-electron chi connectivity index (χ2n) is 5.14. The Labute approximate surface area is 139 Å². The first kappa shape index (κ1) is 17.8. The van der Waals surface area contributed by atoms with Crippen molar-refractivity contribution in [3.05, 3.63) is 34.3 Å². The third-order valence-corrected chi connectivity index (χ3v) is 5.34. The fourth-order valence-electron chi connectivity index (χ4n) is 2.28. The summed E-state index contributed by atoms with van der Waals surface area (Å²) >= 11 is 5.29. The summed E-state index contributed by atoms with van der Waals surface area (Å²) < 4.78 is 0.986. The lowest BCUT2D eigenvalue weighted by Crippen LogP contribution is -2.52. The first-order valence-corrected chi connectivity index (χ1v) is 8.27. The van der Waals surface area contributed by atoms with Gasteiger partial charge in [0.05, 0.1) is 0 Å². The minimum Gasteiger partial charge on any atom is -0.340 e. The molecule has 1 aliphatic rings. The van der Waals surface area contributed by atoms with Crippen LogP contribution in [0.2, 0.25) is 0 Å². The number of benzene rings is 1. The molecule has 1 saturated heterocycles. The molecule has 0 bridgehead atoms. The van der Waals surface area contributed by atoms with E-state index in [-0.39, 0.29) is 18.3 Å². The van der Waals surface area contributed by atoms with Crippen molar-refractivity contribution in [2.45, 2.75) is 24.9 Å². The maximum absolute atomic E-state index is 12.6. The van der Waals surface area contributed by atoms with E-state index in [1.807, 2.05) is 48.0 Å². The minimum absolute atomic E-state index is 0. The van der Waals surface area contributed by atoms with E-state index in [4.69, 9.17) is 5.73 Å². The van der Waals surface area contributed by atoms with E-state index in [0.717, 1.165) is 28.0 Å². The highest BCUT2D eigenvalue weighted by Gasteiger charge is 2.36. The number of carbonyl (C=O) groups excluding carboxylic acids is 1. The molecule has 1 heterocycles. The van der Waals surface area contributed by atoms with Crippen molar-refractivity contribution in [1.82, 2.24) is 4.90 Å². The average Bonchev–Trinajstić information content (AvgIpc) is 2.91. The Bertz CT molecular complexity index is 461. The summed E-state index contributed by atoms with van der Waals surface area (Å²) in [4.78, 5) is 14.4. The van der Waals surface area contributed by atoms with Gasteiger partial charge in [0.2, 0.25) is 5.91 Å². The van der Waals surface area contributed by atoms with Gasteiger partial charge in [-0.25, -0.2) is 0 Å². The molecule has 3 nitrogen and oxygen atoms in total. The molecule has 0 radical (unpaired) electrons. The fourth-order valence-corrected chi connectivity index (χ4v) is 3.81. The third-order valence-electron chi connectivity index (χ3n) is 3.66. The van der Waals surface area contributed by atoms with E-state index in [2.05, 4.69) is 15.9 Å². The zero-order chi connectivity index (χ0) is 14.0. The molecule has 2 rings (SSSR count). The summed E-state index contributed by atoms with van der Waals surface area (Å²) in [5.41, 5.74) is 6.16. The number of nitrogens with two attached hydrogens (primary N) is 1. The van der Waals surface area contributed by atoms with Gasteiger partial charge in [-0.1, -0.05) is 28.1 Å². The van der Waals surface area contributed by atoms with Crippen molar-refractivity contribution < 1.29 is 4.79 Å². The lowest BCUT2D eigenvalue weighted by atomic mass is 9.91. The molecule has 1 aliphatic heterocycles. The Hall–Kier alpha value is -0.230. The first-order chi connectivity index (χ1) is 8.93. The summed E-state index contributed by atoms with van der Waals surface area (Å²) in [6, 6.07) is 7.95. The zero-order valence-corrected chi connectivity index (χ0v) is 14.9. The van der Waals surface area contributed by atoms with Gasteiger partial charge in [0.1, 0.15) is 5.54 Å². The summed E-state index contributed by atoms with van der Waals surface area (Å²) in [6.45, 7) is 1.79. The fraction of sp³-hybridized carbons (Fsp3) is 0.500. The maximum atomic E-state index is 12.6. The van der Waals surface area contributed by atoms with Crippen LogP contribution in [0.15, 0.2) is 28.7 Å². The van der Waals surface area contributed by atoms with Gasteiger partial charge in [0.15, 0.2) is 0 Å². The maximum Gasteiger partial charge on any atom is 0.246 e. The van der Waals surface area contributed by atoms with Crippen LogP contribution in [0.25, 0.3) is 0 Å². The highest BCUT2D eigenvalue weighted by Crippen LogP contribution is 2.27. The van der Waals surface area contributed by atoms with E-state index >= 15 is 0 Å². The summed E-state index contributed by atoms with van der Waals surface area (Å²) in [5, 5.41) is 0. The number of hydrogen-bond acceptors (Lipinski definition) is 3. The van der Waals surface area contributed by atoms with Crippen molar-refractivity contribution in [3.63, 3.8) is 0 Å². The van der Waals surface area contributed by atoms with Crippen LogP contribution >= 0.6 is 40.1 Å². The number of amides is 1. The summed E-state index contributed by atoms with van der Waals surface area (Å²) in [6.07, 6.45) is 1.06. The molecule has 112 valence electrons. The van der Waals surface area contributed by atoms with Gasteiger partial charge >= 0.3 is 0 Å². The van der Waals surface area contributed by atoms with Gasteiger partial charge in [-0.2, -0.15) is 11.8 Å². The Morgan fingerprint density at radius 1 is 1.45 bits per heavy atom. The van der Waals surface area contributed by atoms with Crippen LogP contribution in [-0.4, -0.2) is 35.4 Å². The molecule has 1 aromatic rings. The lowest BCUT2D eigenvalue weighted by Gasteiger charge is -2.33. The first-order valence-electron chi connectivity index (χ1n) is 6.33. The molecule has 1 amide bonds. The highest BCUT2D eigenvalue weighted by atomic mass is 79.9. The molecule has 0 aliphatic carbocycles. The van der Waals surface area contributed by atoms with Gasteiger partial charge in [-0.3, -0.25) is 4.79 Å². The second kappa shape index (κ2) is 7.16. The number of halogens is 2. The number of nitrogens with zero attached hydrogens (tertiary/aromatic N) is 1. The van der Waals surface area contributed by atoms with Crippen LogP contribution in [0.1, 0.15) is 18.9 Å². The number of likely N-dealkylation sites (N-methyl/N-ethyl adjacent to an activating group) is 1. The van der Waals surface area contributed by atoms with Crippen LogP contribution in [0.5, 0.6) is 0 Å². The molecule has 1 fully saturated rings. The third kappa shape index (κ3) is 3.70. The highest BCUT2D eigenvalue weighted by molar-refractivity contribution is 9.10. The van der Waals surface area contributed by atoms with E-state index in [1.165, 1.54) is 0 Å². The SMILES string of the molecule is CN(C(=O)C(C)(N)c1ccc(Br)cc1)C1CCSC1.Cl. The van der Waals surface area contributed by atoms with E-state index in [9.17, 15) is 4.79 Å². The predicted molar refractivity (Wildman–Crippen MR) is 91.4 cm³/mol. The van der Waals surface area contributed by atoms with Gasteiger partial charge in [-0.15, -0.1) is 12.4 Å². The largest absolute Gasteiger partial charge is 0.340 e. The van der Waals surface area contributed by atoms with Gasteiger partial charge in [0.25, 0.3) is 0 Å². The monoisotopic (exact) mass is 378 g/mol. The van der Waals surface area contributed by atoms with Crippen LogP contribution in [0, 0.1) is 0 Å². The lowest BCUT2D eigenvalue weighted by molar-refractivity contribution is -0.137. The molecule has 0 saturated carbocycles. The molecule has 20 heavy (non-hydrogen) atoms. The molecule has 6 heteroatoms. The standard InChI is InChI=1S/C14H19BrN2OS.ClH/c1-14(16,10-3-5-11(15)6-4-10)13(18)17(2)12-7-8-19-9-12;/h3-6,12H,7-9,16H2,1-2H3;1H. The second-order valence-corrected chi connectivity index (χ2v) is 7.21. The molecule has 2 atom stereocenters. The van der Waals surface area contributed by atoms with Crippen molar-refractivity contribution in [1.29, 1.82) is 0 Å². The van der Waals surface area contributed by atoms with Crippen molar-refractivity contribution in [2.24, 2.45) is 5.73 Å². The van der Waals surface area contributed by atoms with Crippen LogP contribution in [0.4, 0.5) is 0 Å². The summed E-state index contributed by atoms with van der Waals surface area (Å²) in [7, 11) is 1.86.